The first-order chi connectivity index (χ1) is 31.7. The van der Waals surface area contributed by atoms with Gasteiger partial charge in [0.15, 0.2) is 0 Å². The molecule has 0 spiro atoms. The normalized spacial score (nSPS) is 9.60. The fraction of sp³-hybridized carbons (Fsp3) is 0.277. The number of carbonyl (C=O) groups is 4. The molecule has 0 saturated heterocycles. The average molecular weight is 951 g/mol. The molecule has 0 bridgehead atoms. The van der Waals surface area contributed by atoms with Crippen LogP contribution < -0.4 is 55.2 Å². The predicted molar refractivity (Wildman–Crippen MR) is 247 cm³/mol. The molecule has 67 heavy (non-hydrogen) atoms. The summed E-state index contributed by atoms with van der Waals surface area (Å²) in [5.74, 6) is 0.452. The number of nitriles is 2. The average Bonchev–Trinajstić information content (AvgIpc) is 3.81. The van der Waals surface area contributed by atoms with Crippen molar-refractivity contribution in [2.75, 3.05) is 45.1 Å². The van der Waals surface area contributed by atoms with E-state index in [-0.39, 0.29) is 36.0 Å². The maximum absolute atomic E-state index is 11.6. The third-order valence-corrected chi connectivity index (χ3v) is 8.79. The molecule has 18 nitrogen and oxygen atoms in total. The topological polar surface area (TPSA) is 251 Å². The van der Waals surface area contributed by atoms with Crippen molar-refractivity contribution in [2.24, 2.45) is 0 Å². The molecule has 20 heteroatoms. The van der Waals surface area contributed by atoms with Crippen LogP contribution in [-0.4, -0.2) is 67.1 Å². The second-order valence-electron chi connectivity index (χ2n) is 12.8. The zero-order chi connectivity index (χ0) is 49.2. The van der Waals surface area contributed by atoms with Crippen LogP contribution in [-0.2, 0) is 47.0 Å². The summed E-state index contributed by atoms with van der Waals surface area (Å²) < 4.78 is 19.8. The molecule has 0 saturated carbocycles. The summed E-state index contributed by atoms with van der Waals surface area (Å²) in [7, 11) is 3.27. The number of aryl methyl sites for hydroxylation is 2. The molecule has 0 radical (unpaired) electrons. The molecule has 0 fully saturated rings. The Morgan fingerprint density at radius 1 is 0.731 bits per heavy atom. The first-order valence-corrected chi connectivity index (χ1v) is 20.6. The summed E-state index contributed by atoms with van der Waals surface area (Å²) in [5.41, 5.74) is 13.1. The maximum Gasteiger partial charge on any atom is 1.00 e. The Balaban J connectivity index is 0.000000498. The summed E-state index contributed by atoms with van der Waals surface area (Å²) in [4.78, 5) is 55.1. The number of amides is 1. The number of carboxylic acid groups (broad SMARTS) is 1. The van der Waals surface area contributed by atoms with Crippen LogP contribution in [0.15, 0.2) is 84.9 Å². The van der Waals surface area contributed by atoms with Gasteiger partial charge in [-0.15, -0.1) is 0 Å². The van der Waals surface area contributed by atoms with E-state index in [1.165, 1.54) is 0 Å². The van der Waals surface area contributed by atoms with Gasteiger partial charge in [0.05, 0.1) is 67.6 Å². The van der Waals surface area contributed by atoms with Gasteiger partial charge in [-0.25, -0.2) is 9.59 Å². The third kappa shape index (κ3) is 17.5. The summed E-state index contributed by atoms with van der Waals surface area (Å²) >= 11 is 4.67. The zero-order valence-electron chi connectivity index (χ0n) is 38.8. The number of ether oxygens (including phenoxy) is 3. The van der Waals surface area contributed by atoms with E-state index in [0.717, 1.165) is 69.3 Å². The van der Waals surface area contributed by atoms with Crippen molar-refractivity contribution in [1.82, 2.24) is 9.13 Å². The largest absolute Gasteiger partial charge is 1.00 e. The number of carbonyl (C=O) groups excluding carboxylic acids is 4. The van der Waals surface area contributed by atoms with Gasteiger partial charge in [-0.3, -0.25) is 15.0 Å². The minimum absolute atomic E-state index is 0. The number of nitrogens with one attached hydrogen (secondary N) is 1. The Morgan fingerprint density at radius 3 is 1.48 bits per heavy atom. The van der Waals surface area contributed by atoms with Gasteiger partial charge in [0, 0.05) is 64.9 Å². The van der Waals surface area contributed by atoms with E-state index in [1.54, 1.807) is 47.1 Å². The molecular weight excluding hydrogens is 899 g/mol. The molecule has 2 heterocycles. The van der Waals surface area contributed by atoms with E-state index >= 15 is 0 Å². The third-order valence-electron chi connectivity index (χ3n) is 8.73. The molecule has 2 aromatic heterocycles. The Morgan fingerprint density at radius 2 is 1.16 bits per heavy atom. The fourth-order valence-electron chi connectivity index (χ4n) is 6.23. The quantitative estimate of drug-likeness (QED) is 0.0266. The second kappa shape index (κ2) is 31.2. The van der Waals surface area contributed by atoms with Crippen molar-refractivity contribution < 1.29 is 87.6 Å². The number of carboxylic acids is 1. The van der Waals surface area contributed by atoms with Gasteiger partial charge < -0.3 is 43.9 Å². The SMILES string of the molecule is CC(=O)[O-].CCOC(=O)Nc1ccc(-c2c(C#N)c3ccc(OC)cc3n2CC)cc1.CCOOC(=O)Cl.CCOOC=O.CCn1c(-c2ccc(N)cc2)c(C#N)c2ccc(OC)cc21.[Na+]. The van der Waals surface area contributed by atoms with Crippen molar-refractivity contribution in [3.05, 3.63) is 96.1 Å². The maximum atomic E-state index is 11.6. The predicted octanol–water partition coefficient (Wildman–Crippen LogP) is 5.75. The number of hydrogen-bond donors (Lipinski definition) is 2. The number of nitrogen functional groups attached to an aromatic ring is 1. The molecule has 0 unspecified atom stereocenters. The summed E-state index contributed by atoms with van der Waals surface area (Å²) in [6.45, 7) is 13.0. The van der Waals surface area contributed by atoms with E-state index in [4.69, 9.17) is 29.8 Å². The molecule has 6 aromatic rings. The number of nitrogens with two attached hydrogens (primary N) is 1. The van der Waals surface area contributed by atoms with Gasteiger partial charge in [0.2, 0.25) is 0 Å². The number of rotatable bonds is 13. The fourth-order valence-corrected chi connectivity index (χ4v) is 6.28. The zero-order valence-corrected chi connectivity index (χ0v) is 41.6. The van der Waals surface area contributed by atoms with Crippen LogP contribution in [0.25, 0.3) is 44.3 Å². The number of aromatic nitrogens is 2. The minimum Gasteiger partial charge on any atom is -0.550 e. The molecule has 0 atom stereocenters. The van der Waals surface area contributed by atoms with E-state index in [9.17, 15) is 24.9 Å². The molecule has 0 aliphatic rings. The van der Waals surface area contributed by atoms with Gasteiger partial charge in [0.1, 0.15) is 23.6 Å². The van der Waals surface area contributed by atoms with Gasteiger partial charge in [-0.1, -0.05) is 24.3 Å². The summed E-state index contributed by atoms with van der Waals surface area (Å²) in [5, 5.41) is 32.8. The standard InChI is InChI=1S/C21H21N3O3.C18H17N3O.C3H5ClO3.C3H6O3.C2H4O2.Na/c1-4-24-19-12-16(26-3)10-11-17(19)18(13-22)20(24)14-6-8-15(9-7-14)23-21(25)27-5-2;1-3-21-17-10-14(22-2)8-9-15(17)16(11-19)18(21)12-4-6-13(20)7-5-12;1-2-6-7-3(4)5;1-2-5-6-3-4;1-2(3)4;/h6-12H,4-5H2,1-3H3,(H,23,25);4-10H,3,20H2,1-2H3;2H2,1H3;3H,2H2,1H3;1H3,(H,3,4);/q;;;;;+1/p-1. The van der Waals surface area contributed by atoms with E-state index < -0.39 is 17.5 Å². The van der Waals surface area contributed by atoms with Gasteiger partial charge in [-0.05, 0) is 101 Å². The van der Waals surface area contributed by atoms with Crippen LogP contribution in [0.2, 0.25) is 0 Å². The van der Waals surface area contributed by atoms with Crippen molar-refractivity contribution in [3.8, 4) is 46.2 Å². The first kappa shape index (κ1) is 58.2. The van der Waals surface area contributed by atoms with Crippen molar-refractivity contribution >= 4 is 68.7 Å². The molecule has 4 aromatic carbocycles. The number of halogens is 1. The Labute approximate surface area is 415 Å². The number of methoxy groups -OCH3 is 2. The van der Waals surface area contributed by atoms with Gasteiger partial charge in [-0.2, -0.15) is 20.3 Å². The number of anilines is 2. The molecule has 0 aliphatic carbocycles. The van der Waals surface area contributed by atoms with Crippen LogP contribution in [0.4, 0.5) is 21.0 Å². The molecule has 350 valence electrons. The molecule has 6 rings (SSSR count). The Kier molecular flexibility index (Phi) is 27.1. The summed E-state index contributed by atoms with van der Waals surface area (Å²) in [6, 6.07) is 31.2. The van der Waals surface area contributed by atoms with Gasteiger partial charge >= 0.3 is 47.6 Å². The monoisotopic (exact) mass is 950 g/mol. The first-order valence-electron chi connectivity index (χ1n) is 20.2. The molecular formula is C47H52ClN6NaO12. The van der Waals surface area contributed by atoms with E-state index in [0.29, 0.717) is 48.9 Å². The number of hydrogen-bond acceptors (Lipinski definition) is 15. The molecule has 3 N–H and O–H groups in total. The molecule has 1 amide bonds. The number of aliphatic carboxylic acids is 1. The van der Waals surface area contributed by atoms with Crippen LogP contribution >= 0.6 is 11.6 Å². The van der Waals surface area contributed by atoms with Crippen LogP contribution in [0.3, 0.4) is 0 Å². The van der Waals surface area contributed by atoms with E-state index in [1.807, 2.05) is 79.7 Å². The minimum atomic E-state index is -1.08. The van der Waals surface area contributed by atoms with Crippen molar-refractivity contribution in [2.45, 2.75) is 54.6 Å². The van der Waals surface area contributed by atoms with E-state index in [2.05, 4.69) is 64.7 Å². The van der Waals surface area contributed by atoms with Crippen molar-refractivity contribution in [1.29, 1.82) is 10.5 Å². The number of benzene rings is 4. The van der Waals surface area contributed by atoms with Crippen LogP contribution in [0.5, 0.6) is 11.5 Å². The molecule has 0 aliphatic heterocycles. The Bertz CT molecular complexity index is 2600. The summed E-state index contributed by atoms with van der Waals surface area (Å²) in [6.07, 6.45) is -0.488. The Hall–Kier alpha value is -6.77. The smallest absolute Gasteiger partial charge is 0.550 e. The second-order valence-corrected chi connectivity index (χ2v) is 13.1. The van der Waals surface area contributed by atoms with Gasteiger partial charge in [0.25, 0.3) is 0 Å². The number of nitrogens with zero attached hydrogens (tertiary/aromatic N) is 4. The van der Waals surface area contributed by atoms with Crippen LogP contribution in [0.1, 0.15) is 52.7 Å². The van der Waals surface area contributed by atoms with Crippen molar-refractivity contribution in [3.63, 3.8) is 0 Å². The number of fused-ring (bicyclic) bond motifs is 2. The van der Waals surface area contributed by atoms with Crippen LogP contribution in [0, 0.1) is 22.7 Å².